The van der Waals surface area contributed by atoms with E-state index in [1.54, 1.807) is 36.0 Å². The van der Waals surface area contributed by atoms with Crippen LogP contribution in [0.2, 0.25) is 16.6 Å². The number of rotatable bonds is 10. The quantitative estimate of drug-likeness (QED) is 0.241. The minimum absolute atomic E-state index is 0.0335. The van der Waals surface area contributed by atoms with Gasteiger partial charge in [-0.2, -0.15) is 0 Å². The van der Waals surface area contributed by atoms with Crippen LogP contribution in [-0.2, 0) is 24.2 Å². The van der Waals surface area contributed by atoms with Gasteiger partial charge in [-0.15, -0.1) is 0 Å². The molecule has 6 nitrogen and oxygen atoms in total. The summed E-state index contributed by atoms with van der Waals surface area (Å²) in [5, 5.41) is 0.923. The minimum atomic E-state index is -2.44. The van der Waals surface area contributed by atoms with Gasteiger partial charge < -0.3 is 14.2 Å². The molecule has 0 unspecified atom stereocenters. The average Bonchev–Trinajstić information content (AvgIpc) is 3.20. The van der Waals surface area contributed by atoms with Gasteiger partial charge in [0, 0.05) is 45.7 Å². The first-order chi connectivity index (χ1) is 19.3. The summed E-state index contributed by atoms with van der Waals surface area (Å²) in [4.78, 5) is 34.7. The molecule has 1 aromatic heterocycles. The van der Waals surface area contributed by atoms with E-state index in [1.165, 1.54) is 12.1 Å². The Hall–Kier alpha value is -3.26. The summed E-state index contributed by atoms with van der Waals surface area (Å²) < 4.78 is 20.8. The lowest BCUT2D eigenvalue weighted by molar-refractivity contribution is -0.128. The van der Waals surface area contributed by atoms with Gasteiger partial charge in [-0.3, -0.25) is 14.6 Å². The lowest BCUT2D eigenvalue weighted by Gasteiger charge is -2.42. The molecule has 0 fully saturated rings. The highest BCUT2D eigenvalue weighted by Crippen LogP contribution is 2.48. The summed E-state index contributed by atoms with van der Waals surface area (Å²) in [6.07, 6.45) is 3.26. The first-order valence-electron chi connectivity index (χ1n) is 14.6. The van der Waals surface area contributed by atoms with Crippen molar-refractivity contribution in [1.82, 2.24) is 14.8 Å². The number of carbonyl (C=O) groups excluding carboxylic acids is 2. The molecule has 0 radical (unpaired) electrons. The fourth-order valence-electron chi connectivity index (χ4n) is 6.69. The Bertz CT molecular complexity index is 1430. The predicted octanol–water partition coefficient (Wildman–Crippen LogP) is 7.13. The Morgan fingerprint density at radius 1 is 1.05 bits per heavy atom. The molecule has 0 spiro atoms. The molecule has 0 aliphatic carbocycles. The number of benzene rings is 2. The van der Waals surface area contributed by atoms with Crippen molar-refractivity contribution < 1.29 is 18.4 Å². The topological polar surface area (TPSA) is 62.7 Å². The zero-order valence-electron chi connectivity index (χ0n) is 26.0. The lowest BCUT2D eigenvalue weighted by Crippen LogP contribution is -2.51. The molecular formula is C33H44FN3O3Si. The molecular weight excluding hydrogens is 533 g/mol. The van der Waals surface area contributed by atoms with Crippen molar-refractivity contribution in [3.05, 3.63) is 70.2 Å². The number of aromatic nitrogens is 1. The Balaban J connectivity index is 1.98. The van der Waals surface area contributed by atoms with Gasteiger partial charge in [-0.1, -0.05) is 53.7 Å². The second kappa shape index (κ2) is 11.9. The van der Waals surface area contributed by atoms with E-state index >= 15 is 0 Å². The van der Waals surface area contributed by atoms with Crippen molar-refractivity contribution in [3.8, 4) is 5.75 Å². The molecule has 1 aliphatic heterocycles. The van der Waals surface area contributed by atoms with Gasteiger partial charge in [0.15, 0.2) is 0 Å². The number of fused-ring (bicyclic) bond motifs is 2. The molecule has 1 aliphatic rings. The second-order valence-corrected chi connectivity index (χ2v) is 17.9. The number of pyridine rings is 1. The van der Waals surface area contributed by atoms with E-state index in [9.17, 15) is 14.0 Å². The molecule has 3 aromatic rings. The monoisotopic (exact) mass is 577 g/mol. The fourth-order valence-corrected chi connectivity index (χ4v) is 12.0. The van der Waals surface area contributed by atoms with Gasteiger partial charge in [0.05, 0.1) is 5.56 Å². The molecule has 0 atom stereocenters. The molecule has 0 bridgehead atoms. The van der Waals surface area contributed by atoms with Crippen molar-refractivity contribution in [2.45, 2.75) is 84.0 Å². The fraction of sp³-hybridized carbons (Fsp3) is 0.485. The van der Waals surface area contributed by atoms with E-state index in [2.05, 4.69) is 47.6 Å². The molecule has 0 N–H and O–H groups in total. The van der Waals surface area contributed by atoms with Gasteiger partial charge in [0.1, 0.15) is 17.1 Å². The van der Waals surface area contributed by atoms with E-state index in [0.29, 0.717) is 59.3 Å². The third kappa shape index (κ3) is 5.76. The SMILES string of the molecule is CC(C)[Si](Oc1c2c(c(CCC(=O)N(C)C)c3cc(Cc4ccc(F)cc4)cnc13)CN(C)C2=O)(C(C)C)C(C)C. The van der Waals surface area contributed by atoms with E-state index < -0.39 is 8.32 Å². The van der Waals surface area contributed by atoms with E-state index in [1.807, 2.05) is 13.2 Å². The average molecular weight is 578 g/mol. The molecule has 2 amide bonds. The largest absolute Gasteiger partial charge is 0.541 e. The van der Waals surface area contributed by atoms with Gasteiger partial charge in [-0.25, -0.2) is 4.39 Å². The molecule has 2 heterocycles. The van der Waals surface area contributed by atoms with Crippen LogP contribution in [-0.4, -0.2) is 56.1 Å². The minimum Gasteiger partial charge on any atom is -0.541 e. The first-order valence-corrected chi connectivity index (χ1v) is 16.8. The maximum absolute atomic E-state index is 13.7. The Morgan fingerprint density at radius 3 is 2.22 bits per heavy atom. The van der Waals surface area contributed by atoms with Crippen LogP contribution in [0, 0.1) is 5.82 Å². The number of amides is 2. The van der Waals surface area contributed by atoms with Crippen LogP contribution >= 0.6 is 0 Å². The number of aryl methyl sites for hydroxylation is 1. The summed E-state index contributed by atoms with van der Waals surface area (Å²) in [7, 11) is 2.90. The highest BCUT2D eigenvalue weighted by atomic mass is 28.4. The van der Waals surface area contributed by atoms with Crippen molar-refractivity contribution in [3.63, 3.8) is 0 Å². The molecule has 8 heteroatoms. The standard InChI is InChI=1S/C33H44FN3O3Si/c1-20(2)41(21(3)4,22(5)6)40-32-30-28(19-37(9)33(30)39)26(14-15-29(38)36(7)8)27-17-24(18-35-31(27)32)16-23-10-12-25(34)13-11-23/h10-13,17-18,20-22H,14-16,19H2,1-9H3. The summed E-state index contributed by atoms with van der Waals surface area (Å²) in [6, 6.07) is 8.64. The molecule has 2 aromatic carbocycles. The van der Waals surface area contributed by atoms with Crippen LogP contribution < -0.4 is 4.43 Å². The predicted molar refractivity (Wildman–Crippen MR) is 165 cm³/mol. The maximum Gasteiger partial charge on any atom is 0.258 e. The number of hydrogen-bond acceptors (Lipinski definition) is 4. The van der Waals surface area contributed by atoms with Crippen LogP contribution in [0.25, 0.3) is 10.9 Å². The number of carbonyl (C=O) groups is 2. The zero-order chi connectivity index (χ0) is 30.2. The molecule has 4 rings (SSSR count). The van der Waals surface area contributed by atoms with Crippen molar-refractivity contribution in [2.24, 2.45) is 0 Å². The smallest absolute Gasteiger partial charge is 0.258 e. The second-order valence-electron chi connectivity index (χ2n) is 12.6. The van der Waals surface area contributed by atoms with Crippen molar-refractivity contribution in [2.75, 3.05) is 21.1 Å². The van der Waals surface area contributed by atoms with Crippen LogP contribution in [0.3, 0.4) is 0 Å². The van der Waals surface area contributed by atoms with E-state index in [-0.39, 0.29) is 17.6 Å². The van der Waals surface area contributed by atoms with Crippen LogP contribution in [0.1, 0.15) is 80.6 Å². The summed E-state index contributed by atoms with van der Waals surface area (Å²) in [5.74, 6) is 0.306. The van der Waals surface area contributed by atoms with Gasteiger partial charge in [-0.05, 0) is 69.9 Å². The number of hydrogen-bond donors (Lipinski definition) is 0. The third-order valence-electron chi connectivity index (χ3n) is 8.73. The Labute approximate surface area is 245 Å². The van der Waals surface area contributed by atoms with Crippen molar-refractivity contribution >= 4 is 31.0 Å². The van der Waals surface area contributed by atoms with Gasteiger partial charge in [0.25, 0.3) is 14.2 Å². The Morgan fingerprint density at radius 2 is 1.66 bits per heavy atom. The van der Waals surface area contributed by atoms with Crippen LogP contribution in [0.4, 0.5) is 4.39 Å². The van der Waals surface area contributed by atoms with Crippen molar-refractivity contribution in [1.29, 1.82) is 0 Å². The normalized spacial score (nSPS) is 13.6. The van der Waals surface area contributed by atoms with E-state index in [0.717, 1.165) is 27.6 Å². The molecule has 0 saturated heterocycles. The highest BCUT2D eigenvalue weighted by Gasteiger charge is 2.48. The van der Waals surface area contributed by atoms with Crippen LogP contribution in [0.15, 0.2) is 36.5 Å². The van der Waals surface area contributed by atoms with Crippen LogP contribution in [0.5, 0.6) is 5.75 Å². The lowest BCUT2D eigenvalue weighted by atomic mass is 9.92. The molecule has 41 heavy (non-hydrogen) atoms. The molecule has 220 valence electrons. The highest BCUT2D eigenvalue weighted by molar-refractivity contribution is 6.78. The zero-order valence-corrected chi connectivity index (χ0v) is 27.0. The summed E-state index contributed by atoms with van der Waals surface area (Å²) in [6.45, 7) is 13.9. The van der Waals surface area contributed by atoms with Gasteiger partial charge in [0.2, 0.25) is 5.91 Å². The maximum atomic E-state index is 13.7. The van der Waals surface area contributed by atoms with Gasteiger partial charge >= 0.3 is 0 Å². The summed E-state index contributed by atoms with van der Waals surface area (Å²) >= 11 is 0. The Kier molecular flexibility index (Phi) is 8.92. The van der Waals surface area contributed by atoms with E-state index in [4.69, 9.17) is 9.41 Å². The third-order valence-corrected chi connectivity index (χ3v) is 14.7. The molecule has 0 saturated carbocycles. The summed E-state index contributed by atoms with van der Waals surface area (Å²) in [5.41, 5.74) is 6.11. The number of halogens is 1. The first kappa shape index (κ1) is 30.7. The number of nitrogens with zero attached hydrogens (tertiary/aromatic N) is 3.